The van der Waals surface area contributed by atoms with Gasteiger partial charge in [-0.05, 0) is 13.3 Å². The molecule has 2 heterocycles. The summed E-state index contributed by atoms with van der Waals surface area (Å²) in [6.07, 6.45) is 0.785. The van der Waals surface area contributed by atoms with Crippen LogP contribution in [0.15, 0.2) is 4.79 Å². The Morgan fingerprint density at radius 1 is 1.44 bits per heavy atom. The largest absolute Gasteiger partial charge is 0.378 e. The Labute approximate surface area is 94.5 Å². The molecule has 1 aromatic rings. The zero-order valence-corrected chi connectivity index (χ0v) is 9.75. The van der Waals surface area contributed by atoms with Gasteiger partial charge in [0.05, 0.1) is 18.9 Å². The van der Waals surface area contributed by atoms with Crippen LogP contribution in [0.3, 0.4) is 0 Å². The van der Waals surface area contributed by atoms with Gasteiger partial charge >= 0.3 is 0 Å². The predicted molar refractivity (Wildman–Crippen MR) is 62.0 cm³/mol. The van der Waals surface area contributed by atoms with Crippen LogP contribution in [-0.4, -0.2) is 36.3 Å². The lowest BCUT2D eigenvalue weighted by molar-refractivity contribution is 0.122. The first-order valence-corrected chi connectivity index (χ1v) is 5.65. The van der Waals surface area contributed by atoms with Gasteiger partial charge in [-0.15, -0.1) is 0 Å². The molecule has 1 saturated heterocycles. The van der Waals surface area contributed by atoms with Crippen molar-refractivity contribution in [2.45, 2.75) is 20.3 Å². The zero-order valence-electron chi connectivity index (χ0n) is 9.75. The van der Waals surface area contributed by atoms with Crippen molar-refractivity contribution in [3.8, 4) is 0 Å². The Kier molecular flexibility index (Phi) is 3.24. The van der Waals surface area contributed by atoms with Gasteiger partial charge in [-0.25, -0.2) is 4.98 Å². The molecular formula is C11H17N3O2. The van der Waals surface area contributed by atoms with Crippen LogP contribution >= 0.6 is 0 Å². The van der Waals surface area contributed by atoms with Crippen LogP contribution in [0, 0.1) is 6.92 Å². The molecule has 1 aliphatic rings. The quantitative estimate of drug-likeness (QED) is 0.792. The molecule has 0 amide bonds. The average molecular weight is 223 g/mol. The topological polar surface area (TPSA) is 58.2 Å². The van der Waals surface area contributed by atoms with E-state index in [1.165, 1.54) is 0 Å². The monoisotopic (exact) mass is 223 g/mol. The summed E-state index contributed by atoms with van der Waals surface area (Å²) in [6, 6.07) is 0. The van der Waals surface area contributed by atoms with Gasteiger partial charge in [-0.2, -0.15) is 0 Å². The van der Waals surface area contributed by atoms with E-state index in [9.17, 15) is 4.79 Å². The summed E-state index contributed by atoms with van der Waals surface area (Å²) in [5.74, 6) is 0.677. The smallest absolute Gasteiger partial charge is 0.255 e. The number of aromatic nitrogens is 2. The number of morpholine rings is 1. The Morgan fingerprint density at radius 2 is 2.12 bits per heavy atom. The normalized spacial score (nSPS) is 16.5. The van der Waals surface area contributed by atoms with E-state index in [1.54, 1.807) is 0 Å². The van der Waals surface area contributed by atoms with Crippen LogP contribution in [0.5, 0.6) is 0 Å². The van der Waals surface area contributed by atoms with Gasteiger partial charge in [-0.3, -0.25) is 9.78 Å². The molecule has 0 spiro atoms. The first-order chi connectivity index (χ1) is 7.72. The lowest BCUT2D eigenvalue weighted by atomic mass is 10.2. The third kappa shape index (κ3) is 2.09. The highest BCUT2D eigenvalue weighted by atomic mass is 16.5. The maximum absolute atomic E-state index is 11.7. The second-order valence-corrected chi connectivity index (χ2v) is 3.91. The fourth-order valence-corrected chi connectivity index (χ4v) is 1.84. The van der Waals surface area contributed by atoms with Crippen molar-refractivity contribution in [2.24, 2.45) is 0 Å². The molecule has 0 aromatic carbocycles. The highest BCUT2D eigenvalue weighted by Crippen LogP contribution is 2.10. The summed E-state index contributed by atoms with van der Waals surface area (Å²) in [7, 11) is 0. The number of nitrogens with one attached hydrogen (secondary N) is 1. The zero-order chi connectivity index (χ0) is 11.5. The molecule has 16 heavy (non-hydrogen) atoms. The van der Waals surface area contributed by atoms with Gasteiger partial charge in [0, 0.05) is 18.7 Å². The first kappa shape index (κ1) is 11.1. The summed E-state index contributed by atoms with van der Waals surface area (Å²) in [5, 5.41) is 0. The Morgan fingerprint density at radius 3 is 2.75 bits per heavy atom. The predicted octanol–water partition coefficient (Wildman–Crippen LogP) is 0.477. The van der Waals surface area contributed by atoms with Gasteiger partial charge in [0.15, 0.2) is 0 Å². The van der Waals surface area contributed by atoms with Crippen molar-refractivity contribution in [1.82, 2.24) is 9.97 Å². The van der Waals surface area contributed by atoms with Crippen molar-refractivity contribution >= 4 is 5.95 Å². The molecule has 1 N–H and O–H groups in total. The number of rotatable bonds is 2. The minimum absolute atomic E-state index is 0.0339. The molecule has 1 aliphatic heterocycles. The summed E-state index contributed by atoms with van der Waals surface area (Å²) in [5.41, 5.74) is 1.57. The minimum Gasteiger partial charge on any atom is -0.378 e. The molecule has 0 radical (unpaired) electrons. The summed E-state index contributed by atoms with van der Waals surface area (Å²) in [4.78, 5) is 21.1. The van der Waals surface area contributed by atoms with E-state index >= 15 is 0 Å². The van der Waals surface area contributed by atoms with Gasteiger partial charge in [0.25, 0.3) is 5.56 Å². The molecule has 2 rings (SSSR count). The third-order valence-corrected chi connectivity index (χ3v) is 2.89. The lowest BCUT2D eigenvalue weighted by Crippen LogP contribution is -2.38. The van der Waals surface area contributed by atoms with E-state index in [4.69, 9.17) is 4.74 Å². The average Bonchev–Trinajstić information content (AvgIpc) is 2.33. The molecule has 1 fully saturated rings. The van der Waals surface area contributed by atoms with Crippen LogP contribution in [0.1, 0.15) is 18.2 Å². The molecule has 0 saturated carbocycles. The molecule has 0 bridgehead atoms. The van der Waals surface area contributed by atoms with Gasteiger partial charge in [-0.1, -0.05) is 6.92 Å². The molecule has 0 aliphatic carbocycles. The van der Waals surface area contributed by atoms with Crippen molar-refractivity contribution in [2.75, 3.05) is 31.2 Å². The van der Waals surface area contributed by atoms with Crippen LogP contribution < -0.4 is 10.5 Å². The number of ether oxygens (including phenoxy) is 1. The van der Waals surface area contributed by atoms with E-state index in [1.807, 2.05) is 13.8 Å². The number of hydrogen-bond acceptors (Lipinski definition) is 4. The number of aryl methyl sites for hydroxylation is 1. The molecule has 0 atom stereocenters. The fraction of sp³-hybridized carbons (Fsp3) is 0.636. The summed E-state index contributed by atoms with van der Waals surface area (Å²) >= 11 is 0. The number of anilines is 1. The highest BCUT2D eigenvalue weighted by Gasteiger charge is 2.15. The second-order valence-electron chi connectivity index (χ2n) is 3.91. The molecule has 0 unspecified atom stereocenters. The van der Waals surface area contributed by atoms with Crippen LogP contribution in [0.4, 0.5) is 5.95 Å². The molecule has 1 aromatic heterocycles. The molecule has 88 valence electrons. The van der Waals surface area contributed by atoms with E-state index in [-0.39, 0.29) is 5.56 Å². The van der Waals surface area contributed by atoms with E-state index in [2.05, 4.69) is 14.9 Å². The maximum Gasteiger partial charge on any atom is 0.255 e. The second kappa shape index (κ2) is 4.65. The first-order valence-electron chi connectivity index (χ1n) is 5.65. The Hall–Kier alpha value is -1.36. The van der Waals surface area contributed by atoms with Crippen LogP contribution in [-0.2, 0) is 11.2 Å². The van der Waals surface area contributed by atoms with Crippen LogP contribution in [0.25, 0.3) is 0 Å². The van der Waals surface area contributed by atoms with Crippen molar-refractivity contribution in [3.05, 3.63) is 21.6 Å². The lowest BCUT2D eigenvalue weighted by Gasteiger charge is -2.27. The minimum atomic E-state index is -0.0339. The molecule has 5 nitrogen and oxygen atoms in total. The number of H-pyrrole nitrogens is 1. The standard InChI is InChI=1S/C11H17N3O2/c1-3-9-8(2)10(15)13-11(12-9)14-4-6-16-7-5-14/h3-7H2,1-2H3,(H,12,13,15). The van der Waals surface area contributed by atoms with Gasteiger partial charge in [0.1, 0.15) is 0 Å². The van der Waals surface area contributed by atoms with Gasteiger partial charge in [0.2, 0.25) is 5.95 Å². The van der Waals surface area contributed by atoms with E-state index in [0.29, 0.717) is 19.2 Å². The summed E-state index contributed by atoms with van der Waals surface area (Å²) < 4.78 is 5.27. The van der Waals surface area contributed by atoms with Crippen molar-refractivity contribution in [1.29, 1.82) is 0 Å². The number of hydrogen-bond donors (Lipinski definition) is 1. The van der Waals surface area contributed by atoms with Crippen molar-refractivity contribution < 1.29 is 4.74 Å². The van der Waals surface area contributed by atoms with Crippen molar-refractivity contribution in [3.63, 3.8) is 0 Å². The summed E-state index contributed by atoms with van der Waals surface area (Å²) in [6.45, 7) is 6.79. The highest BCUT2D eigenvalue weighted by molar-refractivity contribution is 5.33. The van der Waals surface area contributed by atoms with E-state index < -0.39 is 0 Å². The Bertz CT molecular complexity index is 422. The fourth-order valence-electron chi connectivity index (χ4n) is 1.84. The SMILES string of the molecule is CCc1nc(N2CCOCC2)[nH]c(=O)c1C. The van der Waals surface area contributed by atoms with E-state index in [0.717, 1.165) is 30.8 Å². The molecular weight excluding hydrogens is 206 g/mol. The van der Waals surface area contributed by atoms with Crippen LogP contribution in [0.2, 0.25) is 0 Å². The number of nitrogens with zero attached hydrogens (tertiary/aromatic N) is 2. The Balaban J connectivity index is 2.33. The molecule has 5 heteroatoms. The van der Waals surface area contributed by atoms with Gasteiger partial charge < -0.3 is 9.64 Å². The number of aromatic amines is 1. The maximum atomic E-state index is 11.7. The third-order valence-electron chi connectivity index (χ3n) is 2.89.